The number of ketones is 1. The number of carbonyl (C=O) groups is 3. The molecule has 0 aliphatic carbocycles. The number of anilines is 1. The van der Waals surface area contributed by atoms with E-state index in [1.54, 1.807) is 24.7 Å². The Morgan fingerprint density at radius 3 is 2.30 bits per heavy atom. The summed E-state index contributed by atoms with van der Waals surface area (Å²) in [5.41, 5.74) is 4.98. The molecule has 1 heterocycles. The second-order valence-electron chi connectivity index (χ2n) is 6.72. The molecule has 2 N–H and O–H groups in total. The molecule has 1 aromatic carbocycles. The summed E-state index contributed by atoms with van der Waals surface area (Å²) in [5, 5.41) is 9.52. The molecule has 0 saturated carbocycles. The first-order valence-corrected chi connectivity index (χ1v) is 8.86. The number of rotatable bonds is 7. The van der Waals surface area contributed by atoms with Gasteiger partial charge in [0.1, 0.15) is 0 Å². The van der Waals surface area contributed by atoms with Crippen molar-refractivity contribution in [2.75, 3.05) is 11.9 Å². The van der Waals surface area contributed by atoms with Crippen LogP contribution in [-0.4, -0.2) is 33.9 Å². The molecule has 2 rings (SSSR count). The maximum absolute atomic E-state index is 12.2. The molecule has 2 amide bonds. The molecule has 0 atom stereocenters. The average molecular weight is 370 g/mol. The lowest BCUT2D eigenvalue weighted by Gasteiger charge is -2.08. The van der Waals surface area contributed by atoms with Gasteiger partial charge in [-0.3, -0.25) is 19.1 Å². The van der Waals surface area contributed by atoms with Gasteiger partial charge < -0.3 is 10.6 Å². The van der Waals surface area contributed by atoms with Crippen LogP contribution in [0, 0.1) is 27.7 Å². The van der Waals surface area contributed by atoms with Crippen molar-refractivity contribution in [3.05, 3.63) is 46.3 Å². The summed E-state index contributed by atoms with van der Waals surface area (Å²) in [6.07, 6.45) is 0.154. The van der Waals surface area contributed by atoms with Gasteiger partial charge in [0.15, 0.2) is 5.78 Å². The molecule has 7 nitrogen and oxygen atoms in total. The topological polar surface area (TPSA) is 93.1 Å². The minimum absolute atomic E-state index is 0.0456. The molecule has 27 heavy (non-hydrogen) atoms. The van der Waals surface area contributed by atoms with E-state index in [0.29, 0.717) is 16.9 Å². The van der Waals surface area contributed by atoms with E-state index in [9.17, 15) is 14.4 Å². The molecule has 0 unspecified atom stereocenters. The lowest BCUT2D eigenvalue weighted by Crippen LogP contribution is -2.33. The van der Waals surface area contributed by atoms with E-state index in [-0.39, 0.29) is 37.0 Å². The number of Topliss-reactive ketones (excluding diaryl/α,β-unsaturated/α-hetero) is 1. The van der Waals surface area contributed by atoms with E-state index in [2.05, 4.69) is 15.7 Å². The van der Waals surface area contributed by atoms with Crippen molar-refractivity contribution in [2.24, 2.45) is 7.05 Å². The van der Waals surface area contributed by atoms with Crippen molar-refractivity contribution in [3.8, 4) is 0 Å². The Morgan fingerprint density at radius 1 is 1.00 bits per heavy atom. The Balaban J connectivity index is 1.79. The Hall–Kier alpha value is -2.96. The highest BCUT2D eigenvalue weighted by Gasteiger charge is 2.14. The molecule has 0 fully saturated rings. The second kappa shape index (κ2) is 8.62. The fourth-order valence-corrected chi connectivity index (χ4v) is 2.69. The van der Waals surface area contributed by atoms with E-state index in [1.807, 2.05) is 32.9 Å². The first-order valence-electron chi connectivity index (χ1n) is 8.86. The third-order valence-corrected chi connectivity index (χ3v) is 4.63. The molecule has 0 radical (unpaired) electrons. The van der Waals surface area contributed by atoms with Gasteiger partial charge in [-0.15, -0.1) is 0 Å². The number of aromatic nitrogens is 2. The summed E-state index contributed by atoms with van der Waals surface area (Å²) in [6, 6.07) is 5.51. The van der Waals surface area contributed by atoms with Crippen LogP contribution in [0.25, 0.3) is 0 Å². The van der Waals surface area contributed by atoms with Gasteiger partial charge in [-0.05, 0) is 44.9 Å². The van der Waals surface area contributed by atoms with Crippen molar-refractivity contribution in [3.63, 3.8) is 0 Å². The molecule has 0 aliphatic heterocycles. The number of nitrogens with one attached hydrogen (secondary N) is 2. The average Bonchev–Trinajstić information content (AvgIpc) is 2.86. The van der Waals surface area contributed by atoms with E-state index >= 15 is 0 Å². The highest BCUT2D eigenvalue weighted by atomic mass is 16.2. The van der Waals surface area contributed by atoms with E-state index in [0.717, 1.165) is 16.8 Å². The Bertz CT molecular complexity index is 884. The van der Waals surface area contributed by atoms with Crippen molar-refractivity contribution in [1.82, 2.24) is 15.1 Å². The molecule has 2 aromatic rings. The maximum Gasteiger partial charge on any atom is 0.243 e. The van der Waals surface area contributed by atoms with E-state index < -0.39 is 0 Å². The van der Waals surface area contributed by atoms with Crippen LogP contribution in [0.1, 0.15) is 45.7 Å². The summed E-state index contributed by atoms with van der Waals surface area (Å²) in [6.45, 7) is 7.44. The van der Waals surface area contributed by atoms with Crippen molar-refractivity contribution >= 4 is 23.3 Å². The molecule has 144 valence electrons. The van der Waals surface area contributed by atoms with Gasteiger partial charge in [-0.1, -0.05) is 12.1 Å². The van der Waals surface area contributed by atoms with E-state index in [1.165, 1.54) is 0 Å². The SMILES string of the molecule is Cc1ccc(C(=O)CCC(=O)NCC(=O)Nc2c(C)nn(C)c2C)cc1C. The summed E-state index contributed by atoms with van der Waals surface area (Å²) in [4.78, 5) is 36.2. The number of benzene rings is 1. The van der Waals surface area contributed by atoms with Gasteiger partial charge in [0, 0.05) is 25.5 Å². The van der Waals surface area contributed by atoms with Gasteiger partial charge >= 0.3 is 0 Å². The van der Waals surface area contributed by atoms with Crippen LogP contribution < -0.4 is 10.6 Å². The van der Waals surface area contributed by atoms with Crippen LogP contribution >= 0.6 is 0 Å². The number of amides is 2. The summed E-state index contributed by atoms with van der Waals surface area (Å²) >= 11 is 0. The van der Waals surface area contributed by atoms with Crippen molar-refractivity contribution in [1.29, 1.82) is 0 Å². The van der Waals surface area contributed by atoms with Gasteiger partial charge in [0.05, 0.1) is 23.6 Å². The molecular weight excluding hydrogens is 344 g/mol. The Labute approximate surface area is 159 Å². The van der Waals surface area contributed by atoms with Crippen LogP contribution in [0.5, 0.6) is 0 Å². The van der Waals surface area contributed by atoms with Crippen molar-refractivity contribution in [2.45, 2.75) is 40.5 Å². The first-order chi connectivity index (χ1) is 12.7. The Morgan fingerprint density at radius 2 is 1.70 bits per heavy atom. The summed E-state index contributed by atoms with van der Waals surface area (Å²) in [5.74, 6) is -0.746. The predicted molar refractivity (Wildman–Crippen MR) is 104 cm³/mol. The third-order valence-electron chi connectivity index (χ3n) is 4.63. The normalized spacial score (nSPS) is 10.6. The van der Waals surface area contributed by atoms with Crippen LogP contribution in [0.15, 0.2) is 18.2 Å². The fraction of sp³-hybridized carbons (Fsp3) is 0.400. The van der Waals surface area contributed by atoms with Crippen LogP contribution in [0.4, 0.5) is 5.69 Å². The largest absolute Gasteiger partial charge is 0.347 e. The number of hydrogen-bond donors (Lipinski definition) is 2. The molecule has 1 aromatic heterocycles. The van der Waals surface area contributed by atoms with Gasteiger partial charge in [-0.2, -0.15) is 5.10 Å². The minimum Gasteiger partial charge on any atom is -0.347 e. The predicted octanol–water partition coefficient (Wildman–Crippen LogP) is 2.37. The quantitative estimate of drug-likeness (QED) is 0.732. The van der Waals surface area contributed by atoms with Crippen LogP contribution in [0.2, 0.25) is 0 Å². The Kier molecular flexibility index (Phi) is 6.50. The summed E-state index contributed by atoms with van der Waals surface area (Å²) in [7, 11) is 1.80. The smallest absolute Gasteiger partial charge is 0.243 e. The van der Waals surface area contributed by atoms with E-state index in [4.69, 9.17) is 0 Å². The minimum atomic E-state index is -0.332. The lowest BCUT2D eigenvalue weighted by atomic mass is 10.0. The molecule has 0 spiro atoms. The second-order valence-corrected chi connectivity index (χ2v) is 6.72. The number of aryl methyl sites for hydroxylation is 4. The van der Waals surface area contributed by atoms with Gasteiger partial charge in [0.25, 0.3) is 0 Å². The highest BCUT2D eigenvalue weighted by Crippen LogP contribution is 2.17. The van der Waals surface area contributed by atoms with Gasteiger partial charge in [0.2, 0.25) is 11.8 Å². The molecule has 0 aliphatic rings. The monoisotopic (exact) mass is 370 g/mol. The van der Waals surface area contributed by atoms with Crippen LogP contribution in [0.3, 0.4) is 0 Å². The molecule has 7 heteroatoms. The van der Waals surface area contributed by atoms with Crippen LogP contribution in [-0.2, 0) is 16.6 Å². The number of hydrogen-bond acceptors (Lipinski definition) is 4. The zero-order valence-electron chi connectivity index (χ0n) is 16.5. The standard InChI is InChI=1S/C20H26N4O3/c1-12-6-7-16(10-13(12)2)17(25)8-9-18(26)21-11-19(27)22-20-14(3)23-24(5)15(20)4/h6-7,10H,8-9,11H2,1-5H3,(H,21,26)(H,22,27). The number of nitrogens with zero attached hydrogens (tertiary/aromatic N) is 2. The third kappa shape index (κ3) is 5.26. The lowest BCUT2D eigenvalue weighted by molar-refractivity contribution is -0.124. The van der Waals surface area contributed by atoms with Gasteiger partial charge in [-0.25, -0.2) is 0 Å². The molecule has 0 saturated heterocycles. The zero-order chi connectivity index (χ0) is 20.1. The maximum atomic E-state index is 12.2. The molecule has 0 bridgehead atoms. The molecular formula is C20H26N4O3. The summed E-state index contributed by atoms with van der Waals surface area (Å²) < 4.78 is 1.68. The number of carbonyl (C=O) groups excluding carboxylic acids is 3. The van der Waals surface area contributed by atoms with Crippen molar-refractivity contribution < 1.29 is 14.4 Å². The zero-order valence-corrected chi connectivity index (χ0v) is 16.5. The highest BCUT2D eigenvalue weighted by molar-refractivity contribution is 5.99. The fourth-order valence-electron chi connectivity index (χ4n) is 2.69. The first kappa shape index (κ1) is 20.4.